The first kappa shape index (κ1) is 21.2. The maximum absolute atomic E-state index is 13.8. The summed E-state index contributed by atoms with van der Waals surface area (Å²) in [7, 11) is -0.265. The zero-order valence-corrected chi connectivity index (χ0v) is 11.4. The van der Waals surface area contributed by atoms with Crippen LogP contribution in [-0.2, 0) is 5.92 Å². The van der Waals surface area contributed by atoms with Crippen LogP contribution < -0.4 is 4.90 Å². The van der Waals surface area contributed by atoms with Gasteiger partial charge in [-0.15, -0.1) is 0 Å². The molecule has 1 nitrogen and oxygen atoms in total. The van der Waals surface area contributed by atoms with E-state index in [1.54, 1.807) is 0 Å². The van der Waals surface area contributed by atoms with Crippen molar-refractivity contribution in [3.8, 4) is 0 Å². The van der Waals surface area contributed by atoms with E-state index in [0.29, 0.717) is 0 Å². The summed E-state index contributed by atoms with van der Waals surface area (Å²) >= 11 is 0. The summed E-state index contributed by atoms with van der Waals surface area (Å²) in [4.78, 5) is -1.44. The molecule has 0 spiro atoms. The van der Waals surface area contributed by atoms with Crippen LogP contribution >= 0.6 is 0 Å². The first-order valence-corrected chi connectivity index (χ1v) is 5.68. The van der Waals surface area contributed by atoms with E-state index in [1.807, 2.05) is 0 Å². The van der Waals surface area contributed by atoms with Crippen molar-refractivity contribution in [2.75, 3.05) is 11.9 Å². The molecule has 0 N–H and O–H groups in total. The lowest BCUT2D eigenvalue weighted by Crippen LogP contribution is -2.51. The van der Waals surface area contributed by atoms with Crippen LogP contribution in [0.1, 0.15) is 5.56 Å². The highest BCUT2D eigenvalue weighted by Crippen LogP contribution is 2.49. The van der Waals surface area contributed by atoms with Crippen LogP contribution in [0.5, 0.6) is 0 Å². The summed E-state index contributed by atoms with van der Waals surface area (Å²) in [6.07, 6.45) is -13.1. The van der Waals surface area contributed by atoms with Gasteiger partial charge in [0.15, 0.2) is 17.5 Å². The zero-order chi connectivity index (χ0) is 20.2. The lowest BCUT2D eigenvalue weighted by Gasteiger charge is -2.32. The minimum absolute atomic E-state index is 0.265. The van der Waals surface area contributed by atoms with E-state index in [1.165, 1.54) is 0 Å². The molecule has 0 aliphatic heterocycles. The normalized spacial score (nSPS) is 14.0. The lowest BCUT2D eigenvalue weighted by atomic mass is 10.0. The molecule has 0 aromatic heterocycles. The molecule has 25 heavy (non-hydrogen) atoms. The number of hydrogen-bond donors (Lipinski definition) is 0. The van der Waals surface area contributed by atoms with Gasteiger partial charge in [0.05, 0.1) is 5.69 Å². The van der Waals surface area contributed by atoms with Crippen LogP contribution in [0.25, 0.3) is 0 Å². The highest BCUT2D eigenvalue weighted by Gasteiger charge is 2.64. The Kier molecular flexibility index (Phi) is 4.93. The van der Waals surface area contributed by atoms with Crippen molar-refractivity contribution in [3.63, 3.8) is 0 Å². The van der Waals surface area contributed by atoms with Crippen molar-refractivity contribution in [1.29, 1.82) is 0 Å². The number of anilines is 1. The van der Waals surface area contributed by atoms with E-state index in [9.17, 15) is 57.1 Å². The summed E-state index contributed by atoms with van der Waals surface area (Å²) in [5, 5.41) is 0. The maximum atomic E-state index is 13.8. The van der Waals surface area contributed by atoms with Crippen LogP contribution in [0.15, 0.2) is 6.07 Å². The smallest absolute Gasteiger partial charge is 0.306 e. The summed E-state index contributed by atoms with van der Waals surface area (Å²) < 4.78 is 166. The Morgan fingerprint density at radius 3 is 1.52 bits per heavy atom. The van der Waals surface area contributed by atoms with Crippen molar-refractivity contribution in [2.45, 2.75) is 24.3 Å². The first-order valence-electron chi connectivity index (χ1n) is 5.68. The predicted molar refractivity (Wildman–Crippen MR) is 55.7 cm³/mol. The van der Waals surface area contributed by atoms with Crippen molar-refractivity contribution in [1.82, 2.24) is 0 Å². The largest absolute Gasteiger partial charge is 0.475 e. The summed E-state index contributed by atoms with van der Waals surface area (Å²) in [6.45, 7) is 0. The molecule has 0 heterocycles. The molecule has 14 heteroatoms. The van der Waals surface area contributed by atoms with Gasteiger partial charge in [0.2, 0.25) is 0 Å². The number of benzene rings is 1. The Balaban J connectivity index is 3.75. The molecule has 1 rings (SSSR count). The molecule has 1 aromatic carbocycles. The molecule has 1 aromatic rings. The van der Waals surface area contributed by atoms with Gasteiger partial charge >= 0.3 is 24.3 Å². The van der Waals surface area contributed by atoms with Gasteiger partial charge in [-0.25, -0.2) is 13.2 Å². The molecule has 0 amide bonds. The highest BCUT2D eigenvalue weighted by atomic mass is 19.4. The molecular weight excluding hydrogens is 393 g/mol. The van der Waals surface area contributed by atoms with Crippen LogP contribution in [0.4, 0.5) is 62.8 Å². The number of alkyl halides is 10. The van der Waals surface area contributed by atoms with Crippen molar-refractivity contribution in [3.05, 3.63) is 29.1 Å². The number of rotatable bonds is 3. The van der Waals surface area contributed by atoms with E-state index in [-0.39, 0.29) is 7.05 Å². The van der Waals surface area contributed by atoms with Crippen molar-refractivity contribution in [2.24, 2.45) is 0 Å². The predicted octanol–water partition coefficient (Wildman–Crippen LogP) is 5.35. The average molecular weight is 397 g/mol. The molecule has 0 fully saturated rings. The fraction of sp³-hybridized carbons (Fsp3) is 0.455. The molecule has 0 saturated heterocycles. The average Bonchev–Trinajstić information content (AvgIpc) is 2.39. The summed E-state index contributed by atoms with van der Waals surface area (Å²) in [5.41, 5.74) is -5.71. The summed E-state index contributed by atoms with van der Waals surface area (Å²) in [6, 6.07) is -6.71. The Bertz CT molecular complexity index is 657. The van der Waals surface area contributed by atoms with Gasteiger partial charge in [-0.3, -0.25) is 0 Å². The van der Waals surface area contributed by atoms with Gasteiger partial charge < -0.3 is 4.90 Å². The van der Waals surface area contributed by atoms with Crippen LogP contribution in [0.3, 0.4) is 0 Å². The second kappa shape index (κ2) is 5.83. The Hall–Kier alpha value is -1.89. The fourth-order valence-electron chi connectivity index (χ4n) is 1.59. The minimum Gasteiger partial charge on any atom is -0.306 e. The molecule has 0 aliphatic carbocycles. The molecule has 0 unspecified atom stereocenters. The third kappa shape index (κ3) is 3.29. The third-order valence-corrected chi connectivity index (χ3v) is 2.93. The summed E-state index contributed by atoms with van der Waals surface area (Å²) in [5.74, 6) is -15.3. The molecule has 0 atom stereocenters. The fourth-order valence-corrected chi connectivity index (χ4v) is 1.59. The molecule has 144 valence electrons. The highest BCUT2D eigenvalue weighted by molar-refractivity contribution is 5.53. The molecule has 0 aliphatic rings. The van der Waals surface area contributed by atoms with Gasteiger partial charge in [0.1, 0.15) is 5.56 Å². The Labute approximate surface area is 129 Å². The number of hydrogen-bond acceptors (Lipinski definition) is 1. The van der Waals surface area contributed by atoms with Crippen LogP contribution in [0.2, 0.25) is 0 Å². The molecule has 0 saturated carbocycles. The quantitative estimate of drug-likeness (QED) is 0.378. The standard InChI is InChI=1S/C11H4F13N/c1-25(11(23,24)10(20,21)22)4-2-3(12)6(13)5(7(4)14)8(15,16)9(17,18)19/h2H,1H3. The maximum Gasteiger partial charge on any atom is 0.475 e. The van der Waals surface area contributed by atoms with E-state index >= 15 is 0 Å². The Morgan fingerprint density at radius 1 is 0.720 bits per heavy atom. The SMILES string of the molecule is CN(c1cc(F)c(F)c(C(F)(F)C(F)(F)F)c1F)C(F)(F)C(F)(F)F. The van der Waals surface area contributed by atoms with Gasteiger partial charge in [-0.05, 0) is 0 Å². The van der Waals surface area contributed by atoms with Crippen molar-refractivity contribution < 1.29 is 57.1 Å². The first-order chi connectivity index (χ1) is 10.9. The van der Waals surface area contributed by atoms with E-state index in [2.05, 4.69) is 0 Å². The van der Waals surface area contributed by atoms with Gasteiger partial charge in [-0.1, -0.05) is 0 Å². The van der Waals surface area contributed by atoms with E-state index < -0.39 is 64.0 Å². The lowest BCUT2D eigenvalue weighted by molar-refractivity contribution is -0.291. The molecule has 0 bridgehead atoms. The monoisotopic (exact) mass is 397 g/mol. The van der Waals surface area contributed by atoms with Gasteiger partial charge in [0, 0.05) is 13.1 Å². The van der Waals surface area contributed by atoms with Crippen molar-refractivity contribution >= 4 is 5.69 Å². The van der Waals surface area contributed by atoms with Crippen LogP contribution in [-0.4, -0.2) is 25.4 Å². The molecule has 0 radical (unpaired) electrons. The topological polar surface area (TPSA) is 3.24 Å². The van der Waals surface area contributed by atoms with Crippen LogP contribution in [0, 0.1) is 17.5 Å². The number of halogens is 13. The molecular formula is C11H4F13N. The minimum atomic E-state index is -6.69. The second-order valence-corrected chi connectivity index (χ2v) is 4.55. The third-order valence-electron chi connectivity index (χ3n) is 2.93. The van der Waals surface area contributed by atoms with Gasteiger partial charge in [-0.2, -0.15) is 43.9 Å². The van der Waals surface area contributed by atoms with E-state index in [4.69, 9.17) is 0 Å². The van der Waals surface area contributed by atoms with E-state index in [0.717, 1.165) is 0 Å². The number of nitrogens with zero attached hydrogens (tertiary/aromatic N) is 1. The zero-order valence-electron chi connectivity index (χ0n) is 11.4. The Morgan fingerprint density at radius 2 is 1.16 bits per heavy atom. The second-order valence-electron chi connectivity index (χ2n) is 4.55. The van der Waals surface area contributed by atoms with Gasteiger partial charge in [0.25, 0.3) is 0 Å².